The van der Waals surface area contributed by atoms with Crippen LogP contribution in [0.4, 0.5) is 5.69 Å². The Kier molecular flexibility index (Phi) is 20.9. The average molecular weight is 700 g/mol. The summed E-state index contributed by atoms with van der Waals surface area (Å²) >= 11 is 6.75. The summed E-state index contributed by atoms with van der Waals surface area (Å²) < 4.78 is 6.65. The third kappa shape index (κ3) is 15.9. The Labute approximate surface area is 263 Å². The van der Waals surface area contributed by atoms with Gasteiger partial charge in [-0.25, -0.2) is 4.79 Å². The molecule has 220 valence electrons. The van der Waals surface area contributed by atoms with Crippen LogP contribution in [0.15, 0.2) is 116 Å². The zero-order valence-electron chi connectivity index (χ0n) is 24.0. The number of aryl methyl sites for hydroxylation is 1. The standard InChI is InChI=1S/C13H11Br.C8H9BO4.C7H7BrN2.C2H6.CO2/c1-10-2-4-11(5-3-10)12-6-8-13(14)9-7-12;1-13-8(10)6-2-4-7(5-3-6)9(11)12;1-9-10-7-4-2-6(8)3-5-7;1-2;2-1-3/h2-9H,1H3;2-5,11-12H,1H3;2-5H,1H3;1-2H3;. The predicted octanol–water partition coefficient (Wildman–Crippen LogP) is 7.18. The van der Waals surface area contributed by atoms with Crippen LogP contribution < -0.4 is 5.46 Å². The molecule has 0 saturated heterocycles. The Bertz CT molecular complexity index is 1320. The van der Waals surface area contributed by atoms with Crippen LogP contribution in [0.2, 0.25) is 0 Å². The fourth-order valence-corrected chi connectivity index (χ4v) is 3.45. The molecule has 0 aromatic heterocycles. The fourth-order valence-electron chi connectivity index (χ4n) is 2.92. The van der Waals surface area contributed by atoms with E-state index in [0.29, 0.717) is 11.0 Å². The number of rotatable bonds is 4. The zero-order chi connectivity index (χ0) is 31.9. The molecule has 0 saturated carbocycles. The molecule has 4 rings (SSSR count). The molecule has 0 heterocycles. The smallest absolute Gasteiger partial charge is 0.465 e. The number of carbonyl (C=O) groups excluding carboxylic acids is 3. The lowest BCUT2D eigenvalue weighted by atomic mass is 9.80. The van der Waals surface area contributed by atoms with Gasteiger partial charge in [0.1, 0.15) is 0 Å². The number of carbonyl (C=O) groups is 1. The van der Waals surface area contributed by atoms with Crippen molar-refractivity contribution in [2.45, 2.75) is 20.8 Å². The number of hydrogen-bond donors (Lipinski definition) is 2. The number of benzene rings is 4. The summed E-state index contributed by atoms with van der Waals surface area (Å²) in [5.74, 6) is -0.445. The van der Waals surface area contributed by atoms with Crippen LogP contribution >= 0.6 is 31.9 Å². The highest BCUT2D eigenvalue weighted by atomic mass is 79.9. The van der Waals surface area contributed by atoms with E-state index < -0.39 is 13.1 Å². The first-order valence-electron chi connectivity index (χ1n) is 12.6. The second-order valence-electron chi connectivity index (χ2n) is 7.72. The van der Waals surface area contributed by atoms with Gasteiger partial charge in [0.15, 0.2) is 0 Å². The Balaban J connectivity index is 0.000000563. The van der Waals surface area contributed by atoms with Crippen LogP contribution in [-0.2, 0) is 14.3 Å². The summed E-state index contributed by atoms with van der Waals surface area (Å²) in [4.78, 5) is 27.2. The second-order valence-corrected chi connectivity index (χ2v) is 9.55. The van der Waals surface area contributed by atoms with Gasteiger partial charge < -0.3 is 14.8 Å². The molecule has 42 heavy (non-hydrogen) atoms. The van der Waals surface area contributed by atoms with Crippen LogP contribution in [-0.4, -0.2) is 43.4 Å². The van der Waals surface area contributed by atoms with Crippen molar-refractivity contribution in [1.29, 1.82) is 0 Å². The minimum atomic E-state index is -1.51. The minimum absolute atomic E-state index is 0.250. The summed E-state index contributed by atoms with van der Waals surface area (Å²) in [5.41, 5.74) is 5.42. The van der Waals surface area contributed by atoms with E-state index in [0.717, 1.165) is 14.6 Å². The van der Waals surface area contributed by atoms with Crippen molar-refractivity contribution in [2.24, 2.45) is 10.2 Å². The van der Waals surface area contributed by atoms with Crippen molar-refractivity contribution in [3.8, 4) is 11.1 Å². The molecular formula is C31H33BBr2N2O6. The van der Waals surface area contributed by atoms with Crippen molar-refractivity contribution in [2.75, 3.05) is 14.2 Å². The molecule has 2 N–H and O–H groups in total. The van der Waals surface area contributed by atoms with E-state index in [1.807, 2.05) is 38.1 Å². The van der Waals surface area contributed by atoms with Gasteiger partial charge in [-0.15, -0.1) is 0 Å². The normalized spacial score (nSPS) is 9.17. The van der Waals surface area contributed by atoms with Gasteiger partial charge in [-0.2, -0.15) is 19.8 Å². The summed E-state index contributed by atoms with van der Waals surface area (Å²) in [7, 11) is 1.44. The third-order valence-electron chi connectivity index (χ3n) is 4.90. The van der Waals surface area contributed by atoms with E-state index in [1.165, 1.54) is 48.1 Å². The van der Waals surface area contributed by atoms with E-state index in [9.17, 15) is 4.79 Å². The first-order chi connectivity index (χ1) is 20.1. The molecule has 0 aliphatic rings. The predicted molar refractivity (Wildman–Crippen MR) is 173 cm³/mol. The average Bonchev–Trinajstić information content (AvgIpc) is 3.01. The molecule has 4 aromatic carbocycles. The van der Waals surface area contributed by atoms with Crippen LogP contribution in [0.3, 0.4) is 0 Å². The Morgan fingerprint density at radius 1 is 0.762 bits per heavy atom. The summed E-state index contributed by atoms with van der Waals surface area (Å²) in [6.45, 7) is 6.10. The van der Waals surface area contributed by atoms with Crippen molar-refractivity contribution < 1.29 is 29.2 Å². The van der Waals surface area contributed by atoms with Crippen molar-refractivity contribution in [3.63, 3.8) is 0 Å². The Morgan fingerprint density at radius 2 is 1.17 bits per heavy atom. The number of esters is 1. The number of azo groups is 1. The molecule has 0 atom stereocenters. The van der Waals surface area contributed by atoms with Crippen LogP contribution in [0.1, 0.15) is 29.8 Å². The highest BCUT2D eigenvalue weighted by molar-refractivity contribution is 9.10. The van der Waals surface area contributed by atoms with E-state index >= 15 is 0 Å². The van der Waals surface area contributed by atoms with Gasteiger partial charge in [-0.1, -0.05) is 99.8 Å². The molecule has 0 fully saturated rings. The van der Waals surface area contributed by atoms with Gasteiger partial charge in [0, 0.05) is 16.0 Å². The summed E-state index contributed by atoms with van der Waals surface area (Å²) in [6.07, 6.45) is 0.250. The van der Waals surface area contributed by atoms with Gasteiger partial charge >= 0.3 is 19.2 Å². The second kappa shape index (κ2) is 22.9. The maximum Gasteiger partial charge on any atom is 0.488 e. The molecule has 0 radical (unpaired) electrons. The van der Waals surface area contributed by atoms with Crippen molar-refractivity contribution in [3.05, 3.63) is 117 Å². The first-order valence-corrected chi connectivity index (χ1v) is 14.2. The van der Waals surface area contributed by atoms with Crippen molar-refractivity contribution in [1.82, 2.24) is 0 Å². The van der Waals surface area contributed by atoms with E-state index in [2.05, 4.69) is 102 Å². The topological polar surface area (TPSA) is 126 Å². The van der Waals surface area contributed by atoms with E-state index in [-0.39, 0.29) is 6.15 Å². The lowest BCUT2D eigenvalue weighted by Gasteiger charge is -2.01. The lowest BCUT2D eigenvalue weighted by molar-refractivity contribution is -0.191. The molecule has 11 heteroatoms. The largest absolute Gasteiger partial charge is 0.488 e. The van der Waals surface area contributed by atoms with Crippen LogP contribution in [0.25, 0.3) is 11.1 Å². The number of hydrogen-bond acceptors (Lipinski definition) is 8. The highest BCUT2D eigenvalue weighted by Gasteiger charge is 2.11. The molecular weight excluding hydrogens is 667 g/mol. The molecule has 0 spiro atoms. The number of halogens is 2. The highest BCUT2D eigenvalue weighted by Crippen LogP contribution is 2.21. The fraction of sp³-hybridized carbons (Fsp3) is 0.161. The SMILES string of the molecule is CC.CN=Nc1ccc(Br)cc1.COC(=O)c1ccc(B(O)O)cc1.Cc1ccc(-c2ccc(Br)cc2)cc1.O=C=O. The number of nitrogens with zero attached hydrogens (tertiary/aromatic N) is 2. The Morgan fingerprint density at radius 3 is 1.55 bits per heavy atom. The molecule has 0 unspecified atom stereocenters. The molecule has 0 amide bonds. The summed E-state index contributed by atoms with van der Waals surface area (Å²) in [6, 6.07) is 30.5. The van der Waals surface area contributed by atoms with Crippen LogP contribution in [0.5, 0.6) is 0 Å². The zero-order valence-corrected chi connectivity index (χ0v) is 27.2. The monoisotopic (exact) mass is 698 g/mol. The van der Waals surface area contributed by atoms with Gasteiger partial charge in [0.2, 0.25) is 0 Å². The number of methoxy groups -OCH3 is 1. The van der Waals surface area contributed by atoms with E-state index in [1.54, 1.807) is 7.05 Å². The van der Waals surface area contributed by atoms with Gasteiger partial charge in [-0.3, -0.25) is 0 Å². The van der Waals surface area contributed by atoms with Gasteiger partial charge in [0.25, 0.3) is 0 Å². The van der Waals surface area contributed by atoms with Gasteiger partial charge in [0.05, 0.1) is 18.4 Å². The van der Waals surface area contributed by atoms with E-state index in [4.69, 9.17) is 19.6 Å². The quantitative estimate of drug-likeness (QED) is 0.132. The molecule has 0 aliphatic heterocycles. The number of ether oxygens (including phenoxy) is 1. The third-order valence-corrected chi connectivity index (χ3v) is 5.96. The Hall–Kier alpha value is -3.73. The maximum absolute atomic E-state index is 10.9. The molecule has 0 aliphatic carbocycles. The lowest BCUT2D eigenvalue weighted by Crippen LogP contribution is -2.29. The summed E-state index contributed by atoms with van der Waals surface area (Å²) in [5, 5.41) is 25.0. The van der Waals surface area contributed by atoms with Crippen molar-refractivity contribution >= 4 is 62.2 Å². The van der Waals surface area contributed by atoms with Gasteiger partial charge in [-0.05, 0) is 72.0 Å². The molecule has 8 nitrogen and oxygen atoms in total. The first kappa shape index (κ1) is 38.3. The maximum atomic E-state index is 10.9. The molecule has 4 aromatic rings. The molecule has 0 bridgehead atoms. The van der Waals surface area contributed by atoms with Crippen LogP contribution in [0, 0.1) is 6.92 Å². The minimum Gasteiger partial charge on any atom is -0.465 e.